The number of benzene rings is 1. The second-order valence-electron chi connectivity index (χ2n) is 9.49. The number of piperidine rings is 4. The average molecular weight is 426 g/mol. The minimum absolute atomic E-state index is 0.0516. The zero-order valence-electron chi connectivity index (χ0n) is 18.1. The molecule has 1 aromatic rings. The lowest BCUT2D eigenvalue weighted by Gasteiger charge is -2.59. The van der Waals surface area contributed by atoms with Crippen molar-refractivity contribution in [3.63, 3.8) is 0 Å². The third kappa shape index (κ3) is 3.73. The maximum absolute atomic E-state index is 13.4. The minimum Gasteiger partial charge on any atom is -0.426 e. The summed E-state index contributed by atoms with van der Waals surface area (Å²) >= 11 is 0. The Hall–Kier alpha value is -2.41. The zero-order valence-corrected chi connectivity index (χ0v) is 18.1. The number of hydrogen-bond donors (Lipinski definition) is 1. The highest BCUT2D eigenvalue weighted by atomic mass is 16.5. The van der Waals surface area contributed by atoms with Crippen molar-refractivity contribution in [2.24, 2.45) is 11.8 Å². The van der Waals surface area contributed by atoms with E-state index < -0.39 is 12.0 Å². The molecule has 2 amide bonds. The van der Waals surface area contributed by atoms with Crippen molar-refractivity contribution in [2.75, 3.05) is 19.6 Å². The molecule has 166 valence electrons. The fourth-order valence-electron chi connectivity index (χ4n) is 6.55. The Morgan fingerprint density at radius 2 is 1.84 bits per heavy atom. The molecule has 0 spiro atoms. The Morgan fingerprint density at radius 3 is 2.65 bits per heavy atom. The van der Waals surface area contributed by atoms with Crippen LogP contribution in [0.1, 0.15) is 55.8 Å². The molecular weight excluding hydrogens is 394 g/mol. The van der Waals surface area contributed by atoms with Gasteiger partial charge in [-0.15, -0.1) is 0 Å². The number of rotatable bonds is 3. The molecule has 31 heavy (non-hydrogen) atoms. The standard InChI is InChI=1S/C24H31N3O4/c1-15(28)31-21-9-3-2-7-18(21)23(29)25-19-10-11-20-17-8-5-13-26-12-4-6-16(22(17)26)14-27(20)24(19)30/h2-3,7,9,16-17,19-20,22H,4-6,8,10-14H2,1H3,(H,25,29)/t16-,17+,19?,20+,22-/m0/s1. The number of nitrogens with zero attached hydrogens (tertiary/aromatic N) is 2. The van der Waals surface area contributed by atoms with Gasteiger partial charge in [0.05, 0.1) is 5.56 Å². The molecule has 5 rings (SSSR count). The molecule has 0 aromatic heterocycles. The van der Waals surface area contributed by atoms with E-state index in [1.165, 1.54) is 45.7 Å². The van der Waals surface area contributed by atoms with Crippen molar-refractivity contribution in [3.05, 3.63) is 29.8 Å². The van der Waals surface area contributed by atoms with Crippen LogP contribution in [-0.2, 0) is 9.59 Å². The molecule has 1 aromatic carbocycles. The summed E-state index contributed by atoms with van der Waals surface area (Å²) in [7, 11) is 0. The first-order valence-corrected chi connectivity index (χ1v) is 11.7. The van der Waals surface area contributed by atoms with Crippen molar-refractivity contribution in [3.8, 4) is 5.75 Å². The van der Waals surface area contributed by atoms with Crippen molar-refractivity contribution in [1.82, 2.24) is 15.1 Å². The topological polar surface area (TPSA) is 79.0 Å². The normalized spacial score (nSPS) is 32.6. The third-order valence-corrected chi connectivity index (χ3v) is 7.70. The number of esters is 1. The molecule has 1 N–H and O–H groups in total. The van der Waals surface area contributed by atoms with E-state index in [-0.39, 0.29) is 23.1 Å². The summed E-state index contributed by atoms with van der Waals surface area (Å²) in [4.78, 5) is 42.5. The molecule has 0 radical (unpaired) electrons. The first kappa shape index (κ1) is 20.5. The van der Waals surface area contributed by atoms with Crippen LogP contribution in [0.5, 0.6) is 5.75 Å². The van der Waals surface area contributed by atoms with Gasteiger partial charge in [0, 0.05) is 25.6 Å². The van der Waals surface area contributed by atoms with E-state index in [1.807, 2.05) is 0 Å². The number of amides is 2. The molecule has 5 atom stereocenters. The van der Waals surface area contributed by atoms with Gasteiger partial charge in [0.1, 0.15) is 11.8 Å². The van der Waals surface area contributed by atoms with Gasteiger partial charge in [-0.3, -0.25) is 19.3 Å². The van der Waals surface area contributed by atoms with Gasteiger partial charge in [-0.1, -0.05) is 12.1 Å². The van der Waals surface area contributed by atoms with Crippen LogP contribution in [0, 0.1) is 11.8 Å². The van der Waals surface area contributed by atoms with Crippen molar-refractivity contribution in [2.45, 2.75) is 63.6 Å². The Bertz CT molecular complexity index is 885. The second kappa shape index (κ2) is 8.26. The van der Waals surface area contributed by atoms with Gasteiger partial charge in [-0.25, -0.2) is 0 Å². The Balaban J connectivity index is 1.31. The molecule has 4 aliphatic rings. The van der Waals surface area contributed by atoms with Crippen LogP contribution in [0.4, 0.5) is 0 Å². The Labute approximate surface area is 183 Å². The maximum Gasteiger partial charge on any atom is 0.308 e. The highest BCUT2D eigenvalue weighted by Crippen LogP contribution is 2.44. The number of ether oxygens (including phenoxy) is 1. The minimum atomic E-state index is -0.519. The van der Waals surface area contributed by atoms with Crippen molar-refractivity contribution in [1.29, 1.82) is 0 Å². The number of nitrogens with one attached hydrogen (secondary N) is 1. The Kier molecular flexibility index (Phi) is 5.46. The average Bonchev–Trinajstić information content (AvgIpc) is 2.76. The van der Waals surface area contributed by atoms with Crippen molar-refractivity contribution < 1.29 is 19.1 Å². The molecule has 0 saturated carbocycles. The SMILES string of the molecule is CC(=O)Oc1ccccc1C(=O)NC1CC[C@@H]2[C@H]3CCCN4CCC[C@@H](CN2C1=O)[C@@H]34. The summed E-state index contributed by atoms with van der Waals surface area (Å²) in [6.45, 7) is 4.54. The van der Waals surface area contributed by atoms with Gasteiger partial charge < -0.3 is 15.0 Å². The number of carbonyl (C=O) groups excluding carboxylic acids is 3. The first-order valence-electron chi connectivity index (χ1n) is 11.7. The lowest BCUT2D eigenvalue weighted by atomic mass is 9.67. The van der Waals surface area contributed by atoms with Crippen LogP contribution in [0.15, 0.2) is 24.3 Å². The van der Waals surface area contributed by atoms with E-state index in [0.717, 1.165) is 13.0 Å². The monoisotopic (exact) mass is 425 g/mol. The van der Waals surface area contributed by atoms with Gasteiger partial charge >= 0.3 is 5.97 Å². The van der Waals surface area contributed by atoms with E-state index in [2.05, 4.69) is 15.1 Å². The predicted octanol–water partition coefficient (Wildman–Crippen LogP) is 2.21. The van der Waals surface area contributed by atoms with E-state index >= 15 is 0 Å². The Morgan fingerprint density at radius 1 is 1.06 bits per heavy atom. The fraction of sp³-hybridized carbons (Fsp3) is 0.625. The molecule has 0 aliphatic carbocycles. The van der Waals surface area contributed by atoms with Crippen LogP contribution >= 0.6 is 0 Å². The van der Waals surface area contributed by atoms with Crippen molar-refractivity contribution >= 4 is 17.8 Å². The molecule has 7 heteroatoms. The lowest BCUT2D eigenvalue weighted by Crippen LogP contribution is -2.69. The van der Waals surface area contributed by atoms with Gasteiger partial charge in [-0.2, -0.15) is 0 Å². The summed E-state index contributed by atoms with van der Waals surface area (Å²) in [5.41, 5.74) is 0.279. The van der Waals surface area contributed by atoms with Crippen LogP contribution in [0.25, 0.3) is 0 Å². The van der Waals surface area contributed by atoms with Gasteiger partial charge in [0.15, 0.2) is 0 Å². The molecule has 4 fully saturated rings. The first-order chi connectivity index (χ1) is 15.0. The summed E-state index contributed by atoms with van der Waals surface area (Å²) in [5.74, 6) is 0.546. The summed E-state index contributed by atoms with van der Waals surface area (Å²) in [6, 6.07) is 7.07. The lowest BCUT2D eigenvalue weighted by molar-refractivity contribution is -0.153. The van der Waals surface area contributed by atoms with Gasteiger partial charge in [0.2, 0.25) is 5.91 Å². The van der Waals surface area contributed by atoms with E-state index in [9.17, 15) is 14.4 Å². The maximum atomic E-state index is 13.4. The summed E-state index contributed by atoms with van der Waals surface area (Å²) in [5, 5.41) is 2.93. The van der Waals surface area contributed by atoms with Crippen LogP contribution < -0.4 is 10.1 Å². The number of para-hydroxylation sites is 1. The largest absolute Gasteiger partial charge is 0.426 e. The fourth-order valence-corrected chi connectivity index (χ4v) is 6.55. The van der Waals surface area contributed by atoms with E-state index in [4.69, 9.17) is 4.74 Å². The number of fused-ring (bicyclic) bond motifs is 2. The number of carbonyl (C=O) groups is 3. The number of hydrogen-bond acceptors (Lipinski definition) is 5. The second-order valence-corrected chi connectivity index (χ2v) is 9.49. The van der Waals surface area contributed by atoms with Crippen LogP contribution in [-0.4, -0.2) is 65.3 Å². The molecule has 4 aliphatic heterocycles. The molecule has 7 nitrogen and oxygen atoms in total. The highest BCUT2D eigenvalue weighted by molar-refractivity contribution is 6.00. The van der Waals surface area contributed by atoms with Crippen LogP contribution in [0.2, 0.25) is 0 Å². The van der Waals surface area contributed by atoms with Gasteiger partial charge in [0.25, 0.3) is 5.91 Å². The highest BCUT2D eigenvalue weighted by Gasteiger charge is 2.52. The summed E-state index contributed by atoms with van der Waals surface area (Å²) in [6.07, 6.45) is 6.44. The van der Waals surface area contributed by atoms with Gasteiger partial charge in [-0.05, 0) is 75.6 Å². The van der Waals surface area contributed by atoms with E-state index in [0.29, 0.717) is 30.3 Å². The summed E-state index contributed by atoms with van der Waals surface area (Å²) < 4.78 is 5.17. The quantitative estimate of drug-likeness (QED) is 0.593. The molecule has 4 saturated heterocycles. The van der Waals surface area contributed by atoms with E-state index in [1.54, 1.807) is 24.3 Å². The predicted molar refractivity (Wildman–Crippen MR) is 115 cm³/mol. The molecule has 4 heterocycles. The molecule has 0 bridgehead atoms. The molecular formula is C24H31N3O4. The smallest absolute Gasteiger partial charge is 0.308 e. The molecule has 1 unspecified atom stereocenters. The zero-order chi connectivity index (χ0) is 21.5. The third-order valence-electron chi connectivity index (χ3n) is 7.70. The van der Waals surface area contributed by atoms with Crippen LogP contribution in [0.3, 0.4) is 0 Å².